The minimum Gasteiger partial charge on any atom is -0.384 e. The largest absolute Gasteiger partial charge is 0.384 e. The third kappa shape index (κ3) is 3.21. The molecule has 0 atom stereocenters. The lowest BCUT2D eigenvalue weighted by Crippen LogP contribution is -2.13. The van der Waals surface area contributed by atoms with E-state index in [4.69, 9.17) is 5.73 Å². The standard InChI is InChI=1S/C11H9BrFN3O2S/c12-9-3-2-8(5-10(9)13)19(17,18)16-7-1-4-11(14)15-6-7/h1-6,16H,(H2,14,15). The third-order valence-electron chi connectivity index (χ3n) is 2.24. The van der Waals surface area contributed by atoms with E-state index in [1.54, 1.807) is 0 Å². The second kappa shape index (κ2) is 5.14. The van der Waals surface area contributed by atoms with Gasteiger partial charge in [0, 0.05) is 0 Å². The summed E-state index contributed by atoms with van der Waals surface area (Å²) in [5.74, 6) is -0.379. The van der Waals surface area contributed by atoms with Crippen LogP contribution in [0.1, 0.15) is 0 Å². The first-order valence-corrected chi connectivity index (χ1v) is 7.35. The van der Waals surface area contributed by atoms with Crippen molar-refractivity contribution in [3.05, 3.63) is 46.8 Å². The van der Waals surface area contributed by atoms with E-state index in [0.29, 0.717) is 0 Å². The Hall–Kier alpha value is -1.67. The molecule has 0 amide bonds. The lowest BCUT2D eigenvalue weighted by Gasteiger charge is -2.08. The maximum absolute atomic E-state index is 13.3. The number of nitrogens with two attached hydrogens (primary N) is 1. The van der Waals surface area contributed by atoms with Gasteiger partial charge in [-0.05, 0) is 46.3 Å². The summed E-state index contributed by atoms with van der Waals surface area (Å²) in [5.41, 5.74) is 5.64. The number of nitrogens with one attached hydrogen (secondary N) is 1. The zero-order chi connectivity index (χ0) is 14.0. The second-order valence-corrected chi connectivity index (χ2v) is 6.19. The van der Waals surface area contributed by atoms with Gasteiger partial charge in [-0.3, -0.25) is 4.72 Å². The van der Waals surface area contributed by atoms with Gasteiger partial charge >= 0.3 is 0 Å². The molecule has 0 saturated heterocycles. The first-order chi connectivity index (χ1) is 8.88. The number of nitrogen functional groups attached to an aromatic ring is 1. The molecule has 5 nitrogen and oxygen atoms in total. The molecule has 0 saturated carbocycles. The minimum atomic E-state index is -3.86. The van der Waals surface area contributed by atoms with Gasteiger partial charge in [0.2, 0.25) is 0 Å². The molecule has 0 aliphatic heterocycles. The maximum atomic E-state index is 13.3. The zero-order valence-corrected chi connectivity index (χ0v) is 11.9. The molecule has 0 unspecified atom stereocenters. The highest BCUT2D eigenvalue weighted by atomic mass is 79.9. The van der Waals surface area contributed by atoms with Crippen LogP contribution in [0.15, 0.2) is 45.9 Å². The van der Waals surface area contributed by atoms with Crippen LogP contribution in [0.4, 0.5) is 15.9 Å². The smallest absolute Gasteiger partial charge is 0.262 e. The first kappa shape index (κ1) is 13.8. The number of benzene rings is 1. The van der Waals surface area contributed by atoms with Gasteiger partial charge in [0.25, 0.3) is 10.0 Å². The van der Waals surface area contributed by atoms with Crippen molar-refractivity contribution in [1.82, 2.24) is 4.98 Å². The average Bonchev–Trinajstić information content (AvgIpc) is 2.35. The summed E-state index contributed by atoms with van der Waals surface area (Å²) in [6, 6.07) is 6.47. The van der Waals surface area contributed by atoms with E-state index in [1.807, 2.05) is 0 Å². The van der Waals surface area contributed by atoms with E-state index in [-0.39, 0.29) is 20.9 Å². The van der Waals surface area contributed by atoms with E-state index in [1.165, 1.54) is 30.5 Å². The first-order valence-electron chi connectivity index (χ1n) is 5.08. The van der Waals surface area contributed by atoms with Gasteiger partial charge < -0.3 is 5.73 Å². The van der Waals surface area contributed by atoms with E-state index in [2.05, 4.69) is 25.6 Å². The monoisotopic (exact) mass is 345 g/mol. The predicted octanol–water partition coefficient (Wildman–Crippen LogP) is 2.37. The summed E-state index contributed by atoms with van der Waals surface area (Å²) in [5, 5.41) is 0. The Morgan fingerprint density at radius 2 is 2.00 bits per heavy atom. The summed E-state index contributed by atoms with van der Waals surface area (Å²) in [6.07, 6.45) is 1.28. The predicted molar refractivity (Wildman–Crippen MR) is 73.6 cm³/mol. The number of pyridine rings is 1. The molecular weight excluding hydrogens is 337 g/mol. The van der Waals surface area contributed by atoms with Crippen LogP contribution in [-0.2, 0) is 10.0 Å². The Morgan fingerprint density at radius 3 is 2.58 bits per heavy atom. The SMILES string of the molecule is Nc1ccc(NS(=O)(=O)c2ccc(Br)c(F)c2)cn1. The van der Waals surface area contributed by atoms with Gasteiger partial charge in [-0.2, -0.15) is 0 Å². The van der Waals surface area contributed by atoms with Gasteiger partial charge in [0.1, 0.15) is 11.6 Å². The lowest BCUT2D eigenvalue weighted by atomic mass is 10.3. The van der Waals surface area contributed by atoms with Crippen molar-refractivity contribution in [2.75, 3.05) is 10.5 Å². The van der Waals surface area contributed by atoms with Gasteiger partial charge in [0.15, 0.2) is 0 Å². The van der Waals surface area contributed by atoms with Crippen molar-refractivity contribution < 1.29 is 12.8 Å². The van der Waals surface area contributed by atoms with Crippen molar-refractivity contribution in [2.45, 2.75) is 4.90 Å². The summed E-state index contributed by atoms with van der Waals surface area (Å²) in [7, 11) is -3.86. The van der Waals surface area contributed by atoms with Crippen molar-refractivity contribution in [3.8, 4) is 0 Å². The summed E-state index contributed by atoms with van der Waals surface area (Å²) in [4.78, 5) is 3.58. The molecule has 0 fully saturated rings. The summed E-state index contributed by atoms with van der Waals surface area (Å²) in [6.45, 7) is 0. The van der Waals surface area contributed by atoms with Crippen molar-refractivity contribution in [3.63, 3.8) is 0 Å². The molecule has 8 heteroatoms. The van der Waals surface area contributed by atoms with Crippen molar-refractivity contribution in [1.29, 1.82) is 0 Å². The van der Waals surface area contributed by atoms with E-state index < -0.39 is 15.8 Å². The molecular formula is C11H9BrFN3O2S. The van der Waals surface area contributed by atoms with Gasteiger partial charge in [-0.15, -0.1) is 0 Å². The average molecular weight is 346 g/mol. The molecule has 19 heavy (non-hydrogen) atoms. The molecule has 0 aliphatic carbocycles. The van der Waals surface area contributed by atoms with Crippen LogP contribution < -0.4 is 10.5 Å². The highest BCUT2D eigenvalue weighted by molar-refractivity contribution is 9.10. The van der Waals surface area contributed by atoms with Crippen molar-refractivity contribution in [2.24, 2.45) is 0 Å². The molecule has 1 aromatic carbocycles. The third-order valence-corrected chi connectivity index (χ3v) is 4.26. The minimum absolute atomic E-state index is 0.176. The zero-order valence-electron chi connectivity index (χ0n) is 9.47. The van der Waals surface area contributed by atoms with Crippen LogP contribution in [0, 0.1) is 5.82 Å². The summed E-state index contributed by atoms with van der Waals surface area (Å²) >= 11 is 2.96. The molecule has 1 aromatic heterocycles. The van der Waals surface area contributed by atoms with Crippen molar-refractivity contribution >= 4 is 37.5 Å². The number of hydrogen-bond donors (Lipinski definition) is 2. The fourth-order valence-corrected chi connectivity index (χ4v) is 2.63. The van der Waals surface area contributed by atoms with Crippen LogP contribution >= 0.6 is 15.9 Å². The maximum Gasteiger partial charge on any atom is 0.262 e. The van der Waals surface area contributed by atoms with Crippen LogP contribution in [0.5, 0.6) is 0 Å². The lowest BCUT2D eigenvalue weighted by molar-refractivity contribution is 0.593. The fourth-order valence-electron chi connectivity index (χ4n) is 1.32. The number of nitrogens with zero attached hydrogens (tertiary/aromatic N) is 1. The van der Waals surface area contributed by atoms with Gasteiger partial charge in [-0.1, -0.05) is 0 Å². The molecule has 2 aromatic rings. The molecule has 0 bridgehead atoms. The Kier molecular flexibility index (Phi) is 3.72. The molecule has 0 aliphatic rings. The van der Waals surface area contributed by atoms with Crippen LogP contribution in [0.25, 0.3) is 0 Å². The molecule has 2 rings (SSSR count). The quantitative estimate of drug-likeness (QED) is 0.894. The Morgan fingerprint density at radius 1 is 1.26 bits per heavy atom. The number of halogens is 2. The Bertz CT molecular complexity index is 704. The normalized spacial score (nSPS) is 11.3. The fraction of sp³-hybridized carbons (Fsp3) is 0. The molecule has 1 heterocycles. The topological polar surface area (TPSA) is 85.1 Å². The van der Waals surface area contributed by atoms with Gasteiger partial charge in [-0.25, -0.2) is 17.8 Å². The molecule has 100 valence electrons. The summed E-state index contributed by atoms with van der Waals surface area (Å²) < 4.78 is 39.8. The molecule has 0 spiro atoms. The van der Waals surface area contributed by atoms with Crippen LogP contribution in [0.2, 0.25) is 0 Å². The number of rotatable bonds is 3. The van der Waals surface area contributed by atoms with E-state index >= 15 is 0 Å². The highest BCUT2D eigenvalue weighted by Gasteiger charge is 2.16. The number of aromatic nitrogens is 1. The number of anilines is 2. The highest BCUT2D eigenvalue weighted by Crippen LogP contribution is 2.21. The number of hydrogen-bond acceptors (Lipinski definition) is 4. The Balaban J connectivity index is 2.32. The number of sulfonamides is 1. The van der Waals surface area contributed by atoms with Crippen LogP contribution in [0.3, 0.4) is 0 Å². The molecule has 0 radical (unpaired) electrons. The van der Waals surface area contributed by atoms with E-state index in [0.717, 1.165) is 6.07 Å². The Labute approximate surface area is 117 Å². The van der Waals surface area contributed by atoms with Gasteiger partial charge in [0.05, 0.1) is 21.3 Å². The van der Waals surface area contributed by atoms with Crippen LogP contribution in [-0.4, -0.2) is 13.4 Å². The van der Waals surface area contributed by atoms with E-state index in [9.17, 15) is 12.8 Å². The molecule has 3 N–H and O–H groups in total. The second-order valence-electron chi connectivity index (χ2n) is 3.65.